The van der Waals surface area contributed by atoms with Crippen LogP contribution in [-0.4, -0.2) is 15.0 Å². The third-order valence-corrected chi connectivity index (χ3v) is 9.41. The molecule has 0 N–H and O–H groups in total. The zero-order chi connectivity index (χ0) is 30.9. The van der Waals surface area contributed by atoms with Crippen LogP contribution < -0.4 is 4.90 Å². The zero-order valence-electron chi connectivity index (χ0n) is 25.3. The Morgan fingerprint density at radius 1 is 0.468 bits per heavy atom. The van der Waals surface area contributed by atoms with Crippen molar-refractivity contribution >= 4 is 60.4 Å². The Hall–Kier alpha value is -6.39. The molecule has 0 radical (unpaired) electrons. The van der Waals surface area contributed by atoms with Crippen molar-refractivity contribution in [2.24, 2.45) is 0 Å². The minimum absolute atomic E-state index is 0.690. The molecule has 0 fully saturated rings. The highest BCUT2D eigenvalue weighted by Gasteiger charge is 2.27. The van der Waals surface area contributed by atoms with E-state index in [4.69, 9.17) is 15.0 Å². The minimum Gasteiger partial charge on any atom is -0.309 e. The summed E-state index contributed by atoms with van der Waals surface area (Å²) in [5.74, 6) is 0.690. The fourth-order valence-electron chi connectivity index (χ4n) is 7.30. The van der Waals surface area contributed by atoms with Crippen LogP contribution in [0.1, 0.15) is 0 Å². The van der Waals surface area contributed by atoms with Crippen LogP contribution in [0.25, 0.3) is 77.1 Å². The molecule has 10 rings (SSSR count). The Bertz CT molecular complexity index is 2680. The molecular formula is C43H26N4. The molecule has 0 bridgehead atoms. The maximum absolute atomic E-state index is 5.21. The molecule has 218 valence electrons. The average molecular weight is 599 g/mol. The summed E-state index contributed by atoms with van der Waals surface area (Å²) in [5, 5.41) is 7.05. The van der Waals surface area contributed by atoms with Gasteiger partial charge in [-0.1, -0.05) is 109 Å². The van der Waals surface area contributed by atoms with Crippen LogP contribution in [0, 0.1) is 0 Å². The molecule has 7 aromatic carbocycles. The minimum atomic E-state index is 0.690. The summed E-state index contributed by atoms with van der Waals surface area (Å²) in [5.41, 5.74) is 10.7. The second-order valence-corrected chi connectivity index (χ2v) is 12.0. The van der Waals surface area contributed by atoms with E-state index in [1.807, 2.05) is 24.4 Å². The number of nitrogens with zero attached hydrogens (tertiary/aromatic N) is 4. The van der Waals surface area contributed by atoms with Gasteiger partial charge < -0.3 is 4.90 Å². The molecule has 4 heteroatoms. The van der Waals surface area contributed by atoms with Crippen molar-refractivity contribution in [1.29, 1.82) is 0 Å². The van der Waals surface area contributed by atoms with Gasteiger partial charge in [0, 0.05) is 50.1 Å². The highest BCUT2D eigenvalue weighted by molar-refractivity contribution is 6.18. The predicted molar refractivity (Wildman–Crippen MR) is 194 cm³/mol. The first-order chi connectivity index (χ1) is 23.3. The van der Waals surface area contributed by atoms with Crippen LogP contribution in [0.5, 0.6) is 0 Å². The van der Waals surface area contributed by atoms with E-state index in [1.54, 1.807) is 0 Å². The number of hydrogen-bond donors (Lipinski definition) is 0. The van der Waals surface area contributed by atoms with Crippen molar-refractivity contribution in [3.05, 3.63) is 158 Å². The highest BCUT2D eigenvalue weighted by atomic mass is 15.2. The fraction of sp³-hybridized carbons (Fsp3) is 0. The molecule has 0 saturated heterocycles. The lowest BCUT2D eigenvalue weighted by Gasteiger charge is -2.34. The fourth-order valence-corrected chi connectivity index (χ4v) is 7.30. The molecule has 0 amide bonds. The van der Waals surface area contributed by atoms with Gasteiger partial charge in [-0.15, -0.1) is 0 Å². The number of hydrogen-bond acceptors (Lipinski definition) is 4. The smallest absolute Gasteiger partial charge is 0.160 e. The van der Waals surface area contributed by atoms with Crippen molar-refractivity contribution in [1.82, 2.24) is 15.0 Å². The van der Waals surface area contributed by atoms with Crippen LogP contribution >= 0.6 is 0 Å². The predicted octanol–water partition coefficient (Wildman–Crippen LogP) is 11.3. The van der Waals surface area contributed by atoms with Crippen LogP contribution in [-0.2, 0) is 0 Å². The SMILES string of the molecule is c1ccc2c3c(ccc2c1)-c1cccc2cccc(c12)N3c1ccc(-c2nc(-c3cccc4cccnc34)c3ccccc3n2)cc1. The molecule has 2 aromatic heterocycles. The van der Waals surface area contributed by atoms with Crippen molar-refractivity contribution < 1.29 is 0 Å². The number of anilines is 3. The Balaban J connectivity index is 1.16. The van der Waals surface area contributed by atoms with E-state index in [2.05, 4.69) is 138 Å². The molecule has 0 saturated carbocycles. The summed E-state index contributed by atoms with van der Waals surface area (Å²) in [6.45, 7) is 0. The van der Waals surface area contributed by atoms with Crippen LogP contribution in [0.3, 0.4) is 0 Å². The monoisotopic (exact) mass is 598 g/mol. The molecule has 1 aliphatic heterocycles. The molecule has 0 aliphatic carbocycles. The molecule has 4 nitrogen and oxygen atoms in total. The van der Waals surface area contributed by atoms with Gasteiger partial charge in [-0.25, -0.2) is 9.97 Å². The van der Waals surface area contributed by atoms with E-state index in [9.17, 15) is 0 Å². The van der Waals surface area contributed by atoms with Gasteiger partial charge in [0.2, 0.25) is 0 Å². The average Bonchev–Trinajstić information content (AvgIpc) is 3.14. The van der Waals surface area contributed by atoms with Gasteiger partial charge in [-0.05, 0) is 58.8 Å². The lowest BCUT2D eigenvalue weighted by atomic mass is 9.88. The van der Waals surface area contributed by atoms with E-state index in [-0.39, 0.29) is 0 Å². The van der Waals surface area contributed by atoms with Crippen molar-refractivity contribution in [3.8, 4) is 33.8 Å². The van der Waals surface area contributed by atoms with E-state index in [0.717, 1.165) is 44.3 Å². The number of rotatable bonds is 3. The van der Waals surface area contributed by atoms with Gasteiger partial charge in [0.25, 0.3) is 0 Å². The second kappa shape index (κ2) is 10.1. The molecule has 9 aromatic rings. The van der Waals surface area contributed by atoms with Gasteiger partial charge >= 0.3 is 0 Å². The van der Waals surface area contributed by atoms with Crippen LogP contribution in [0.4, 0.5) is 17.1 Å². The van der Waals surface area contributed by atoms with Gasteiger partial charge in [-0.2, -0.15) is 0 Å². The van der Waals surface area contributed by atoms with Crippen LogP contribution in [0.2, 0.25) is 0 Å². The number of pyridine rings is 1. The lowest BCUT2D eigenvalue weighted by Crippen LogP contribution is -2.15. The molecule has 1 aliphatic rings. The molecule has 47 heavy (non-hydrogen) atoms. The summed E-state index contributed by atoms with van der Waals surface area (Å²) >= 11 is 0. The Morgan fingerprint density at radius 3 is 2.09 bits per heavy atom. The first-order valence-electron chi connectivity index (χ1n) is 15.9. The van der Waals surface area contributed by atoms with Gasteiger partial charge in [0.05, 0.1) is 28.1 Å². The van der Waals surface area contributed by atoms with Crippen LogP contribution in [0.15, 0.2) is 158 Å². The summed E-state index contributed by atoms with van der Waals surface area (Å²) in [7, 11) is 0. The zero-order valence-corrected chi connectivity index (χ0v) is 25.3. The highest BCUT2D eigenvalue weighted by Crippen LogP contribution is 2.53. The molecule has 0 spiro atoms. The maximum Gasteiger partial charge on any atom is 0.160 e. The summed E-state index contributed by atoms with van der Waals surface area (Å²) in [6.07, 6.45) is 1.84. The molecule has 3 heterocycles. The maximum atomic E-state index is 5.21. The first kappa shape index (κ1) is 25.9. The van der Waals surface area contributed by atoms with E-state index in [1.165, 1.54) is 44.0 Å². The van der Waals surface area contributed by atoms with Crippen molar-refractivity contribution in [3.63, 3.8) is 0 Å². The second-order valence-electron chi connectivity index (χ2n) is 12.0. The molecule has 0 atom stereocenters. The number of aromatic nitrogens is 3. The Labute approximate surface area is 271 Å². The summed E-state index contributed by atoms with van der Waals surface area (Å²) in [4.78, 5) is 17.4. The quantitative estimate of drug-likeness (QED) is 0.203. The number of para-hydroxylation sites is 2. The van der Waals surface area contributed by atoms with E-state index >= 15 is 0 Å². The first-order valence-corrected chi connectivity index (χ1v) is 15.9. The van der Waals surface area contributed by atoms with Gasteiger partial charge in [-0.3, -0.25) is 4.98 Å². The topological polar surface area (TPSA) is 41.9 Å². The third-order valence-electron chi connectivity index (χ3n) is 9.41. The Morgan fingerprint density at radius 2 is 1.19 bits per heavy atom. The van der Waals surface area contributed by atoms with E-state index in [0.29, 0.717) is 5.82 Å². The molecular weight excluding hydrogens is 573 g/mol. The van der Waals surface area contributed by atoms with Gasteiger partial charge in [0.1, 0.15) is 0 Å². The number of fused-ring (bicyclic) bond motifs is 6. The van der Waals surface area contributed by atoms with E-state index < -0.39 is 0 Å². The number of benzene rings is 7. The lowest BCUT2D eigenvalue weighted by molar-refractivity contribution is 1.22. The van der Waals surface area contributed by atoms with Crippen molar-refractivity contribution in [2.75, 3.05) is 4.90 Å². The Kier molecular flexibility index (Phi) is 5.54. The van der Waals surface area contributed by atoms with Crippen molar-refractivity contribution in [2.45, 2.75) is 0 Å². The largest absolute Gasteiger partial charge is 0.309 e. The normalized spacial score (nSPS) is 12.2. The standard InChI is InChI=1S/C43H26N4/c1-2-14-32-27(9-1)22-25-34-33-16-5-10-28-11-7-19-38(39(28)33)47(42(32)34)31-23-20-30(21-24-31)43-45-37-18-4-3-15-35(37)41(46-43)36-17-6-12-29-13-8-26-44-40(29)36/h1-26H. The summed E-state index contributed by atoms with van der Waals surface area (Å²) in [6, 6.07) is 53.7. The van der Waals surface area contributed by atoms with Gasteiger partial charge in [0.15, 0.2) is 5.82 Å². The summed E-state index contributed by atoms with van der Waals surface area (Å²) < 4.78 is 0. The molecule has 0 unspecified atom stereocenters. The third kappa shape index (κ3) is 3.92.